The Labute approximate surface area is 128 Å². The SMILES string of the molecule is CNc1nc(C(C)(C)C)nc(N2CCCN(C)CC2)c1C. The molecule has 5 nitrogen and oxygen atoms in total. The van der Waals surface area contributed by atoms with Crippen LogP contribution in [0.3, 0.4) is 0 Å². The second-order valence-electron chi connectivity index (χ2n) is 6.99. The molecule has 0 amide bonds. The normalized spacial score (nSPS) is 17.7. The summed E-state index contributed by atoms with van der Waals surface area (Å²) in [6, 6.07) is 0. The summed E-state index contributed by atoms with van der Waals surface area (Å²) in [5.41, 5.74) is 1.10. The quantitative estimate of drug-likeness (QED) is 0.905. The smallest absolute Gasteiger partial charge is 0.138 e. The fourth-order valence-corrected chi connectivity index (χ4v) is 2.65. The summed E-state index contributed by atoms with van der Waals surface area (Å²) in [6.07, 6.45) is 1.18. The highest BCUT2D eigenvalue weighted by atomic mass is 15.3. The van der Waals surface area contributed by atoms with E-state index in [4.69, 9.17) is 9.97 Å². The van der Waals surface area contributed by atoms with Gasteiger partial charge in [0, 0.05) is 37.7 Å². The molecule has 0 atom stereocenters. The van der Waals surface area contributed by atoms with Crippen molar-refractivity contribution in [3.63, 3.8) is 0 Å². The topological polar surface area (TPSA) is 44.3 Å². The molecule has 1 fully saturated rings. The molecule has 118 valence electrons. The maximum absolute atomic E-state index is 4.90. The predicted molar refractivity (Wildman–Crippen MR) is 89.3 cm³/mol. The number of hydrogen-bond donors (Lipinski definition) is 1. The van der Waals surface area contributed by atoms with E-state index in [0.29, 0.717) is 0 Å². The van der Waals surface area contributed by atoms with E-state index < -0.39 is 0 Å². The van der Waals surface area contributed by atoms with Crippen molar-refractivity contribution in [1.29, 1.82) is 0 Å². The number of anilines is 2. The molecular weight excluding hydrogens is 262 g/mol. The molecule has 0 bridgehead atoms. The Morgan fingerprint density at radius 1 is 1.05 bits per heavy atom. The van der Waals surface area contributed by atoms with Gasteiger partial charge < -0.3 is 15.1 Å². The van der Waals surface area contributed by atoms with Crippen LogP contribution in [0.4, 0.5) is 11.6 Å². The molecule has 0 radical (unpaired) electrons. The molecule has 21 heavy (non-hydrogen) atoms. The van der Waals surface area contributed by atoms with Gasteiger partial charge in [-0.05, 0) is 26.9 Å². The second-order valence-corrected chi connectivity index (χ2v) is 6.99. The highest BCUT2D eigenvalue weighted by Gasteiger charge is 2.24. The Morgan fingerprint density at radius 2 is 1.76 bits per heavy atom. The molecule has 0 unspecified atom stereocenters. The first-order chi connectivity index (χ1) is 9.82. The monoisotopic (exact) mass is 291 g/mol. The summed E-state index contributed by atoms with van der Waals surface area (Å²) in [4.78, 5) is 14.4. The fourth-order valence-electron chi connectivity index (χ4n) is 2.65. The minimum Gasteiger partial charge on any atom is -0.373 e. The average molecular weight is 291 g/mol. The number of rotatable bonds is 2. The van der Waals surface area contributed by atoms with Gasteiger partial charge in [-0.25, -0.2) is 9.97 Å². The molecule has 2 rings (SSSR count). The van der Waals surface area contributed by atoms with Gasteiger partial charge >= 0.3 is 0 Å². The van der Waals surface area contributed by atoms with E-state index in [-0.39, 0.29) is 5.41 Å². The minimum absolute atomic E-state index is 0.0449. The lowest BCUT2D eigenvalue weighted by Crippen LogP contribution is -2.31. The highest BCUT2D eigenvalue weighted by molar-refractivity contribution is 5.59. The average Bonchev–Trinajstić information content (AvgIpc) is 2.62. The van der Waals surface area contributed by atoms with E-state index in [1.807, 2.05) is 7.05 Å². The predicted octanol–water partition coefficient (Wildman–Crippen LogP) is 2.27. The third-order valence-corrected chi connectivity index (χ3v) is 4.05. The molecule has 1 saturated heterocycles. The van der Waals surface area contributed by atoms with Crippen LogP contribution in [-0.2, 0) is 5.41 Å². The van der Waals surface area contributed by atoms with Crippen LogP contribution in [0.1, 0.15) is 38.6 Å². The Bertz CT molecular complexity index is 492. The van der Waals surface area contributed by atoms with Crippen molar-refractivity contribution in [1.82, 2.24) is 14.9 Å². The van der Waals surface area contributed by atoms with E-state index in [0.717, 1.165) is 49.2 Å². The van der Waals surface area contributed by atoms with E-state index >= 15 is 0 Å². The van der Waals surface area contributed by atoms with Crippen molar-refractivity contribution in [3.8, 4) is 0 Å². The summed E-state index contributed by atoms with van der Waals surface area (Å²) >= 11 is 0. The number of hydrogen-bond acceptors (Lipinski definition) is 5. The Hall–Kier alpha value is -1.36. The molecule has 0 saturated carbocycles. The second kappa shape index (κ2) is 6.18. The van der Waals surface area contributed by atoms with Gasteiger partial charge in [-0.15, -0.1) is 0 Å². The summed E-state index contributed by atoms with van der Waals surface area (Å²) in [7, 11) is 4.12. The molecule has 1 aromatic rings. The first-order valence-electron chi connectivity index (χ1n) is 7.83. The van der Waals surface area contributed by atoms with Gasteiger partial charge in [-0.2, -0.15) is 0 Å². The zero-order chi connectivity index (χ0) is 15.6. The molecule has 1 aliphatic heterocycles. The largest absolute Gasteiger partial charge is 0.373 e. The van der Waals surface area contributed by atoms with Crippen molar-refractivity contribution in [2.24, 2.45) is 0 Å². The van der Waals surface area contributed by atoms with Crippen LogP contribution >= 0.6 is 0 Å². The van der Waals surface area contributed by atoms with Gasteiger partial charge in [0.05, 0.1) is 0 Å². The minimum atomic E-state index is -0.0449. The molecule has 1 aliphatic rings. The van der Waals surface area contributed by atoms with E-state index in [9.17, 15) is 0 Å². The summed E-state index contributed by atoms with van der Waals surface area (Å²) < 4.78 is 0. The standard InChI is InChI=1S/C16H29N5/c1-12-13(17-5)18-15(16(2,3)4)19-14(12)21-9-7-8-20(6)10-11-21/h7-11H2,1-6H3,(H,17,18,19). The van der Waals surface area contributed by atoms with Crippen molar-refractivity contribution in [3.05, 3.63) is 11.4 Å². The summed E-state index contributed by atoms with van der Waals surface area (Å²) in [5, 5.41) is 3.22. The van der Waals surface area contributed by atoms with Gasteiger partial charge in [-0.1, -0.05) is 20.8 Å². The Kier molecular flexibility index (Phi) is 4.71. The van der Waals surface area contributed by atoms with E-state index in [1.165, 1.54) is 6.42 Å². The van der Waals surface area contributed by atoms with Crippen molar-refractivity contribution in [2.75, 3.05) is 50.5 Å². The lowest BCUT2D eigenvalue weighted by molar-refractivity contribution is 0.360. The van der Waals surface area contributed by atoms with Crippen LogP contribution in [0.5, 0.6) is 0 Å². The number of nitrogens with one attached hydrogen (secondary N) is 1. The van der Waals surface area contributed by atoms with Crippen LogP contribution in [0.15, 0.2) is 0 Å². The molecule has 0 aromatic carbocycles. The van der Waals surface area contributed by atoms with E-state index in [1.54, 1.807) is 0 Å². The zero-order valence-electron chi connectivity index (χ0n) is 14.3. The van der Waals surface area contributed by atoms with Crippen LogP contribution in [0.25, 0.3) is 0 Å². The van der Waals surface area contributed by atoms with Crippen LogP contribution in [-0.4, -0.2) is 55.1 Å². The molecular formula is C16H29N5. The molecule has 2 heterocycles. The maximum Gasteiger partial charge on any atom is 0.138 e. The summed E-state index contributed by atoms with van der Waals surface area (Å²) in [5.74, 6) is 2.95. The number of nitrogens with zero attached hydrogens (tertiary/aromatic N) is 4. The van der Waals surface area contributed by atoms with Crippen LogP contribution in [0, 0.1) is 6.92 Å². The van der Waals surface area contributed by atoms with E-state index in [2.05, 4.69) is 49.9 Å². The number of likely N-dealkylation sites (N-methyl/N-ethyl adjacent to an activating group) is 1. The molecule has 5 heteroatoms. The molecule has 1 N–H and O–H groups in total. The maximum atomic E-state index is 4.90. The molecule has 0 spiro atoms. The Balaban J connectivity index is 2.41. The highest BCUT2D eigenvalue weighted by Crippen LogP contribution is 2.28. The number of aromatic nitrogens is 2. The van der Waals surface area contributed by atoms with Gasteiger partial charge in [0.1, 0.15) is 17.5 Å². The molecule has 1 aromatic heterocycles. The first-order valence-corrected chi connectivity index (χ1v) is 7.83. The summed E-state index contributed by atoms with van der Waals surface area (Å²) in [6.45, 7) is 12.9. The van der Waals surface area contributed by atoms with Crippen molar-refractivity contribution >= 4 is 11.6 Å². The Morgan fingerprint density at radius 3 is 2.38 bits per heavy atom. The third kappa shape index (κ3) is 3.64. The lowest BCUT2D eigenvalue weighted by atomic mass is 9.95. The van der Waals surface area contributed by atoms with Crippen molar-refractivity contribution < 1.29 is 0 Å². The lowest BCUT2D eigenvalue weighted by Gasteiger charge is -2.27. The van der Waals surface area contributed by atoms with Gasteiger partial charge in [0.15, 0.2) is 0 Å². The van der Waals surface area contributed by atoms with Crippen LogP contribution in [0.2, 0.25) is 0 Å². The van der Waals surface area contributed by atoms with Crippen molar-refractivity contribution in [2.45, 2.75) is 39.5 Å². The molecule has 0 aliphatic carbocycles. The van der Waals surface area contributed by atoms with Crippen LogP contribution < -0.4 is 10.2 Å². The van der Waals surface area contributed by atoms with Gasteiger partial charge in [-0.3, -0.25) is 0 Å². The fraction of sp³-hybridized carbons (Fsp3) is 0.750. The third-order valence-electron chi connectivity index (χ3n) is 4.05. The first kappa shape index (κ1) is 16.0. The van der Waals surface area contributed by atoms with Gasteiger partial charge in [0.2, 0.25) is 0 Å². The zero-order valence-corrected chi connectivity index (χ0v) is 14.3. The van der Waals surface area contributed by atoms with Gasteiger partial charge in [0.25, 0.3) is 0 Å².